The molecule has 4 nitrogen and oxygen atoms in total. The Labute approximate surface area is 115 Å². The van der Waals surface area contributed by atoms with Crippen molar-refractivity contribution in [3.05, 3.63) is 48.5 Å². The number of hydrogen-bond acceptors (Lipinski definition) is 3. The molecule has 0 radical (unpaired) electrons. The summed E-state index contributed by atoms with van der Waals surface area (Å²) in [4.78, 5) is 6.14. The Morgan fingerprint density at radius 3 is 2.63 bits per heavy atom. The molecular weight excluding hydrogens is 236 g/mol. The maximum atomic E-state index is 4.03. The average molecular weight is 258 g/mol. The van der Waals surface area contributed by atoms with Gasteiger partial charge in [0.15, 0.2) is 0 Å². The van der Waals surface area contributed by atoms with Crippen LogP contribution in [-0.4, -0.2) is 30.2 Å². The van der Waals surface area contributed by atoms with Gasteiger partial charge in [0.2, 0.25) is 0 Å². The molecule has 0 saturated carbocycles. The second-order valence-corrected chi connectivity index (χ2v) is 4.89. The highest BCUT2D eigenvalue weighted by molar-refractivity contribution is 5.45. The van der Waals surface area contributed by atoms with Gasteiger partial charge in [0.05, 0.1) is 6.33 Å². The van der Waals surface area contributed by atoms with Crippen molar-refractivity contribution >= 4 is 5.69 Å². The topological polar surface area (TPSA) is 33.1 Å². The van der Waals surface area contributed by atoms with Crippen LogP contribution in [0.25, 0.3) is 0 Å². The summed E-state index contributed by atoms with van der Waals surface area (Å²) in [7, 11) is 4.12. The molecule has 1 aromatic heterocycles. The Kier molecular flexibility index (Phi) is 4.98. The van der Waals surface area contributed by atoms with E-state index >= 15 is 0 Å². The van der Waals surface area contributed by atoms with E-state index < -0.39 is 0 Å². The van der Waals surface area contributed by atoms with E-state index in [2.05, 4.69) is 58.1 Å². The molecule has 1 heterocycles. The Balaban J connectivity index is 1.65. The number of hydrogen-bond donors (Lipinski definition) is 1. The molecule has 0 atom stereocenters. The summed E-state index contributed by atoms with van der Waals surface area (Å²) in [5.74, 6) is 0. The van der Waals surface area contributed by atoms with Gasteiger partial charge in [-0.1, -0.05) is 12.1 Å². The molecule has 0 aliphatic carbocycles. The number of anilines is 1. The van der Waals surface area contributed by atoms with Crippen LogP contribution in [0, 0.1) is 0 Å². The first-order chi connectivity index (χ1) is 9.25. The molecule has 0 unspecified atom stereocenters. The van der Waals surface area contributed by atoms with Crippen molar-refractivity contribution in [2.45, 2.75) is 19.5 Å². The second-order valence-electron chi connectivity index (χ2n) is 4.89. The zero-order valence-corrected chi connectivity index (χ0v) is 11.7. The van der Waals surface area contributed by atoms with Gasteiger partial charge in [-0.25, -0.2) is 4.98 Å². The van der Waals surface area contributed by atoms with E-state index in [1.165, 1.54) is 11.3 Å². The monoisotopic (exact) mass is 258 g/mol. The molecule has 4 heteroatoms. The third-order valence-corrected chi connectivity index (χ3v) is 3.11. The highest BCUT2D eigenvalue weighted by atomic mass is 15.1. The van der Waals surface area contributed by atoms with Crippen LogP contribution >= 0.6 is 0 Å². The van der Waals surface area contributed by atoms with Crippen molar-refractivity contribution in [3.8, 4) is 0 Å². The van der Waals surface area contributed by atoms with Crippen molar-refractivity contribution in [3.63, 3.8) is 0 Å². The zero-order chi connectivity index (χ0) is 13.5. The fraction of sp³-hybridized carbons (Fsp3) is 0.400. The fourth-order valence-corrected chi connectivity index (χ4v) is 1.95. The molecule has 0 amide bonds. The molecule has 0 bridgehead atoms. The van der Waals surface area contributed by atoms with Gasteiger partial charge in [-0.3, -0.25) is 0 Å². The van der Waals surface area contributed by atoms with Crippen LogP contribution < -0.4 is 10.2 Å². The molecule has 0 spiro atoms. The van der Waals surface area contributed by atoms with Gasteiger partial charge in [-0.2, -0.15) is 0 Å². The number of imidazole rings is 1. The number of nitrogens with zero attached hydrogens (tertiary/aromatic N) is 3. The summed E-state index contributed by atoms with van der Waals surface area (Å²) in [5, 5.41) is 3.47. The quantitative estimate of drug-likeness (QED) is 0.772. The van der Waals surface area contributed by atoms with Crippen LogP contribution in [-0.2, 0) is 13.1 Å². The van der Waals surface area contributed by atoms with Crippen LogP contribution in [0.15, 0.2) is 43.0 Å². The van der Waals surface area contributed by atoms with E-state index in [0.717, 1.165) is 26.1 Å². The Morgan fingerprint density at radius 1 is 1.21 bits per heavy atom. The number of aryl methyl sites for hydroxylation is 1. The average Bonchev–Trinajstić information content (AvgIpc) is 2.92. The third-order valence-electron chi connectivity index (χ3n) is 3.11. The summed E-state index contributed by atoms with van der Waals surface area (Å²) in [6.45, 7) is 2.97. The summed E-state index contributed by atoms with van der Waals surface area (Å²) >= 11 is 0. The van der Waals surface area contributed by atoms with Crippen molar-refractivity contribution in [1.82, 2.24) is 14.9 Å². The van der Waals surface area contributed by atoms with Crippen molar-refractivity contribution in [1.29, 1.82) is 0 Å². The van der Waals surface area contributed by atoms with Gasteiger partial charge in [-0.15, -0.1) is 0 Å². The SMILES string of the molecule is CN(C)c1ccc(CNCCCn2ccnc2)cc1. The molecular formula is C15H22N4. The lowest BCUT2D eigenvalue weighted by molar-refractivity contribution is 0.581. The Hall–Kier alpha value is -1.81. The number of aromatic nitrogens is 2. The van der Waals surface area contributed by atoms with Crippen LogP contribution in [0.5, 0.6) is 0 Å². The van der Waals surface area contributed by atoms with E-state index in [-0.39, 0.29) is 0 Å². The zero-order valence-electron chi connectivity index (χ0n) is 11.7. The lowest BCUT2D eigenvalue weighted by Crippen LogP contribution is -2.16. The van der Waals surface area contributed by atoms with Crippen molar-refractivity contribution < 1.29 is 0 Å². The molecule has 0 fully saturated rings. The predicted molar refractivity (Wildman–Crippen MR) is 79.3 cm³/mol. The first-order valence-electron chi connectivity index (χ1n) is 6.68. The van der Waals surface area contributed by atoms with Crippen LogP contribution in [0.4, 0.5) is 5.69 Å². The van der Waals surface area contributed by atoms with Crippen LogP contribution in [0.1, 0.15) is 12.0 Å². The summed E-state index contributed by atoms with van der Waals surface area (Å²) in [5.41, 5.74) is 2.57. The van der Waals surface area contributed by atoms with E-state index in [9.17, 15) is 0 Å². The van der Waals surface area contributed by atoms with Crippen molar-refractivity contribution in [2.24, 2.45) is 0 Å². The van der Waals surface area contributed by atoms with E-state index in [4.69, 9.17) is 0 Å². The Morgan fingerprint density at radius 2 is 2.00 bits per heavy atom. The minimum Gasteiger partial charge on any atom is -0.378 e. The number of nitrogens with one attached hydrogen (secondary N) is 1. The highest BCUT2D eigenvalue weighted by Crippen LogP contribution is 2.11. The number of rotatable bonds is 7. The molecule has 1 aromatic carbocycles. The number of benzene rings is 1. The normalized spacial score (nSPS) is 10.6. The smallest absolute Gasteiger partial charge is 0.0945 e. The predicted octanol–water partition coefficient (Wildman–Crippen LogP) is 2.13. The fourth-order valence-electron chi connectivity index (χ4n) is 1.95. The van der Waals surface area contributed by atoms with Gasteiger partial charge in [-0.05, 0) is 30.7 Å². The highest BCUT2D eigenvalue weighted by Gasteiger charge is 1.96. The van der Waals surface area contributed by atoms with Crippen LogP contribution in [0.2, 0.25) is 0 Å². The lowest BCUT2D eigenvalue weighted by Gasteiger charge is -2.13. The molecule has 1 N–H and O–H groups in total. The summed E-state index contributed by atoms with van der Waals surface area (Å²) in [6.07, 6.45) is 6.80. The molecule has 2 rings (SSSR count). The minimum atomic E-state index is 0.928. The molecule has 102 valence electrons. The minimum absolute atomic E-state index is 0.928. The van der Waals surface area contributed by atoms with Gasteiger partial charge in [0.1, 0.15) is 0 Å². The first-order valence-corrected chi connectivity index (χ1v) is 6.68. The van der Waals surface area contributed by atoms with Gasteiger partial charge >= 0.3 is 0 Å². The summed E-state index contributed by atoms with van der Waals surface area (Å²) in [6, 6.07) is 8.67. The lowest BCUT2D eigenvalue weighted by atomic mass is 10.2. The third kappa shape index (κ3) is 4.41. The van der Waals surface area contributed by atoms with Gasteiger partial charge in [0.25, 0.3) is 0 Å². The summed E-state index contributed by atoms with van der Waals surface area (Å²) < 4.78 is 2.10. The van der Waals surface area contributed by atoms with E-state index in [0.29, 0.717) is 0 Å². The Bertz CT molecular complexity index is 459. The molecule has 2 aromatic rings. The second kappa shape index (κ2) is 6.95. The largest absolute Gasteiger partial charge is 0.378 e. The maximum absolute atomic E-state index is 4.03. The molecule has 19 heavy (non-hydrogen) atoms. The first kappa shape index (κ1) is 13.6. The van der Waals surface area contributed by atoms with Crippen molar-refractivity contribution in [2.75, 3.05) is 25.5 Å². The standard InChI is InChI=1S/C15H22N4/c1-18(2)15-6-4-14(5-7-15)12-16-8-3-10-19-11-9-17-13-19/h4-7,9,11,13,16H,3,8,10,12H2,1-2H3. The maximum Gasteiger partial charge on any atom is 0.0945 e. The van der Waals surface area contributed by atoms with E-state index in [1.807, 2.05) is 18.7 Å². The van der Waals surface area contributed by atoms with Crippen LogP contribution in [0.3, 0.4) is 0 Å². The molecule has 0 aliphatic heterocycles. The van der Waals surface area contributed by atoms with E-state index in [1.54, 1.807) is 0 Å². The van der Waals surface area contributed by atoms with Gasteiger partial charge in [0, 0.05) is 45.3 Å². The molecule has 0 aliphatic rings. The molecule has 0 saturated heterocycles. The van der Waals surface area contributed by atoms with Gasteiger partial charge < -0.3 is 14.8 Å².